The monoisotopic (exact) mass is 533 g/mol. The topological polar surface area (TPSA) is 92.4 Å². The molecule has 0 radical (unpaired) electrons. The molecule has 8 nitrogen and oxygen atoms in total. The molecule has 1 saturated heterocycles. The maximum Gasteiger partial charge on any atom is 0.416 e. The van der Waals surface area contributed by atoms with Crippen molar-refractivity contribution in [1.29, 1.82) is 0 Å². The fourth-order valence-corrected chi connectivity index (χ4v) is 4.93. The summed E-state index contributed by atoms with van der Waals surface area (Å²) in [6.45, 7) is 5.81. The summed E-state index contributed by atoms with van der Waals surface area (Å²) < 4.78 is 45.6. The number of nitrogen functional groups attached to an aromatic ring is 1. The van der Waals surface area contributed by atoms with Gasteiger partial charge >= 0.3 is 6.18 Å². The maximum atomic E-state index is 13.4. The van der Waals surface area contributed by atoms with Gasteiger partial charge in [0.1, 0.15) is 5.82 Å². The van der Waals surface area contributed by atoms with E-state index < -0.39 is 17.8 Å². The summed E-state index contributed by atoms with van der Waals surface area (Å²) in [5.41, 5.74) is 8.09. The van der Waals surface area contributed by atoms with E-state index in [1.54, 1.807) is 13.1 Å². The summed E-state index contributed by atoms with van der Waals surface area (Å²) in [7, 11) is 0. The molecule has 5 rings (SSSR count). The van der Waals surface area contributed by atoms with Crippen LogP contribution in [0.3, 0.4) is 0 Å². The third-order valence-corrected chi connectivity index (χ3v) is 6.78. The Hall–Kier alpha value is -3.31. The number of hydrogen-bond donors (Lipinski definition) is 2. The smallest absolute Gasteiger partial charge is 0.399 e. The van der Waals surface area contributed by atoms with Crippen molar-refractivity contribution in [3.8, 4) is 0 Å². The van der Waals surface area contributed by atoms with Gasteiger partial charge in [0, 0.05) is 50.0 Å². The summed E-state index contributed by atoms with van der Waals surface area (Å²) in [6, 6.07) is 7.00. The molecule has 0 saturated carbocycles. The SMILES string of the molecule is C[C@@H](Nc1nc(Cl)nc2c1CN(c1ncccc1N1CCOCC1)CC2)c1cc(N)cc(C(F)(F)F)c1. The van der Waals surface area contributed by atoms with E-state index >= 15 is 0 Å². The van der Waals surface area contributed by atoms with E-state index in [-0.39, 0.29) is 11.0 Å². The molecular formula is C25H27ClF3N7O. The zero-order valence-corrected chi connectivity index (χ0v) is 21.0. The number of halogens is 4. The van der Waals surface area contributed by atoms with Crippen LogP contribution in [0.1, 0.15) is 35.3 Å². The van der Waals surface area contributed by atoms with Gasteiger partial charge < -0.3 is 25.6 Å². The van der Waals surface area contributed by atoms with Crippen LogP contribution in [0.25, 0.3) is 0 Å². The molecule has 0 bridgehead atoms. The molecule has 2 aliphatic heterocycles. The number of rotatable bonds is 5. The minimum Gasteiger partial charge on any atom is -0.399 e. The van der Waals surface area contributed by atoms with Crippen LogP contribution in [0.15, 0.2) is 36.5 Å². The van der Waals surface area contributed by atoms with Crippen LogP contribution >= 0.6 is 11.6 Å². The molecule has 37 heavy (non-hydrogen) atoms. The number of fused-ring (bicyclic) bond motifs is 1. The van der Waals surface area contributed by atoms with E-state index in [1.165, 1.54) is 6.07 Å². The third kappa shape index (κ3) is 5.52. The van der Waals surface area contributed by atoms with E-state index in [0.29, 0.717) is 44.1 Å². The number of alkyl halides is 3. The van der Waals surface area contributed by atoms with Gasteiger partial charge in [-0.3, -0.25) is 0 Å². The Labute approximate surface area is 217 Å². The predicted molar refractivity (Wildman–Crippen MR) is 137 cm³/mol. The normalized spacial score (nSPS) is 16.9. The number of nitrogens with zero attached hydrogens (tertiary/aromatic N) is 5. The molecule has 12 heteroatoms. The van der Waals surface area contributed by atoms with Gasteiger partial charge in [0.15, 0.2) is 5.82 Å². The van der Waals surface area contributed by atoms with E-state index in [0.717, 1.165) is 48.0 Å². The van der Waals surface area contributed by atoms with Gasteiger partial charge in [0.05, 0.1) is 36.2 Å². The molecule has 0 spiro atoms. The fraction of sp³-hybridized carbons (Fsp3) is 0.400. The molecule has 1 atom stereocenters. The van der Waals surface area contributed by atoms with Crippen LogP contribution in [-0.4, -0.2) is 47.8 Å². The lowest BCUT2D eigenvalue weighted by Crippen LogP contribution is -2.39. The lowest BCUT2D eigenvalue weighted by Gasteiger charge is -2.35. The van der Waals surface area contributed by atoms with Crippen LogP contribution in [0.2, 0.25) is 5.28 Å². The Balaban J connectivity index is 1.44. The summed E-state index contributed by atoms with van der Waals surface area (Å²) >= 11 is 6.23. The molecule has 2 aliphatic rings. The van der Waals surface area contributed by atoms with Crippen molar-refractivity contribution in [2.75, 3.05) is 53.7 Å². The highest BCUT2D eigenvalue weighted by atomic mass is 35.5. The number of benzene rings is 1. The summed E-state index contributed by atoms with van der Waals surface area (Å²) in [5.74, 6) is 1.33. The highest BCUT2D eigenvalue weighted by molar-refractivity contribution is 6.28. The number of nitrogens with two attached hydrogens (primary N) is 1. The van der Waals surface area contributed by atoms with Crippen molar-refractivity contribution in [3.05, 3.63) is 64.2 Å². The van der Waals surface area contributed by atoms with E-state index in [9.17, 15) is 13.2 Å². The standard InChI is InChI=1S/C25H27ClF3N7O/c1-15(16-11-17(25(27,28)29)13-18(30)12-16)32-22-19-14-36(6-4-20(19)33-24(26)34-22)23-21(3-2-5-31-23)35-7-9-37-10-8-35/h2-3,5,11-13,15H,4,6-10,14,30H2,1H3,(H,32,33,34)/t15-/m1/s1. The zero-order valence-electron chi connectivity index (χ0n) is 20.2. The number of hydrogen-bond acceptors (Lipinski definition) is 8. The molecule has 2 aromatic heterocycles. The van der Waals surface area contributed by atoms with Crippen LogP contribution in [0, 0.1) is 0 Å². The second kappa shape index (κ2) is 10.2. The maximum absolute atomic E-state index is 13.4. The number of ether oxygens (including phenoxy) is 1. The average Bonchev–Trinajstić information content (AvgIpc) is 2.88. The number of pyridine rings is 1. The van der Waals surface area contributed by atoms with E-state index in [1.807, 2.05) is 6.07 Å². The summed E-state index contributed by atoms with van der Waals surface area (Å²) in [6.07, 6.45) is -2.11. The first-order valence-electron chi connectivity index (χ1n) is 12.0. The predicted octanol–water partition coefficient (Wildman–Crippen LogP) is 4.70. The molecule has 3 N–H and O–H groups in total. The van der Waals surface area contributed by atoms with Gasteiger partial charge in [-0.25, -0.2) is 15.0 Å². The van der Waals surface area contributed by atoms with Crippen LogP contribution in [-0.2, 0) is 23.9 Å². The van der Waals surface area contributed by atoms with Crippen LogP contribution < -0.4 is 20.9 Å². The molecule has 0 amide bonds. The van der Waals surface area contributed by atoms with Crippen molar-refractivity contribution in [3.63, 3.8) is 0 Å². The number of morpholine rings is 1. The van der Waals surface area contributed by atoms with Crippen molar-refractivity contribution >= 4 is 34.6 Å². The Morgan fingerprint density at radius 2 is 1.89 bits per heavy atom. The Kier molecular flexibility index (Phi) is 7.00. The molecule has 4 heterocycles. The van der Waals surface area contributed by atoms with Crippen LogP contribution in [0.4, 0.5) is 36.2 Å². The Morgan fingerprint density at radius 3 is 2.65 bits per heavy atom. The van der Waals surface area contributed by atoms with Gasteiger partial charge in [-0.05, 0) is 54.4 Å². The first kappa shape index (κ1) is 25.3. The second-order valence-corrected chi connectivity index (χ2v) is 9.47. The Bertz CT molecular complexity index is 1280. The zero-order chi connectivity index (χ0) is 26.2. The van der Waals surface area contributed by atoms with Crippen molar-refractivity contribution < 1.29 is 17.9 Å². The van der Waals surface area contributed by atoms with Gasteiger partial charge in [0.25, 0.3) is 0 Å². The summed E-state index contributed by atoms with van der Waals surface area (Å²) in [4.78, 5) is 17.9. The number of aromatic nitrogens is 3. The second-order valence-electron chi connectivity index (χ2n) is 9.14. The lowest BCUT2D eigenvalue weighted by atomic mass is 10.0. The van der Waals surface area contributed by atoms with E-state index in [2.05, 4.69) is 36.1 Å². The summed E-state index contributed by atoms with van der Waals surface area (Å²) in [5, 5.41) is 3.33. The molecule has 0 aliphatic carbocycles. The van der Waals surface area contributed by atoms with Gasteiger partial charge in [-0.2, -0.15) is 13.2 Å². The quantitative estimate of drug-likeness (QED) is 0.360. The fourth-order valence-electron chi connectivity index (χ4n) is 4.75. The Morgan fingerprint density at radius 1 is 1.11 bits per heavy atom. The minimum atomic E-state index is -4.50. The van der Waals surface area contributed by atoms with Gasteiger partial charge in [-0.15, -0.1) is 0 Å². The molecule has 3 aromatic rings. The molecule has 1 fully saturated rings. The highest BCUT2D eigenvalue weighted by Gasteiger charge is 2.32. The van der Waals surface area contributed by atoms with Crippen molar-refractivity contribution in [2.24, 2.45) is 0 Å². The molecule has 0 unspecified atom stereocenters. The van der Waals surface area contributed by atoms with Gasteiger partial charge in [-0.1, -0.05) is 0 Å². The molecule has 1 aromatic carbocycles. The number of anilines is 4. The highest BCUT2D eigenvalue weighted by Crippen LogP contribution is 2.36. The first-order chi connectivity index (χ1) is 17.7. The first-order valence-corrected chi connectivity index (χ1v) is 12.4. The average molecular weight is 534 g/mol. The lowest BCUT2D eigenvalue weighted by molar-refractivity contribution is -0.137. The van der Waals surface area contributed by atoms with Crippen molar-refractivity contribution in [1.82, 2.24) is 15.0 Å². The van der Waals surface area contributed by atoms with E-state index in [4.69, 9.17) is 22.1 Å². The van der Waals surface area contributed by atoms with Gasteiger partial charge in [0.2, 0.25) is 5.28 Å². The molecular weight excluding hydrogens is 507 g/mol. The molecule has 196 valence electrons. The largest absolute Gasteiger partial charge is 0.416 e. The number of nitrogens with one attached hydrogen (secondary N) is 1. The van der Waals surface area contributed by atoms with Crippen molar-refractivity contribution in [2.45, 2.75) is 32.1 Å². The minimum absolute atomic E-state index is 0.0400. The van der Waals surface area contributed by atoms with Crippen LogP contribution in [0.5, 0.6) is 0 Å². The third-order valence-electron chi connectivity index (χ3n) is 6.61.